The summed E-state index contributed by atoms with van der Waals surface area (Å²) in [5.41, 5.74) is 3.21. The molecule has 1 aromatic heterocycles. The zero-order valence-electron chi connectivity index (χ0n) is 13.5. The van der Waals surface area contributed by atoms with Gasteiger partial charge in [0.2, 0.25) is 0 Å². The molecular weight excluding hydrogens is 324 g/mol. The maximum Gasteiger partial charge on any atom is 0.160 e. The fraction of sp³-hybridized carbons (Fsp3) is 0.235. The van der Waals surface area contributed by atoms with Crippen molar-refractivity contribution >= 4 is 11.0 Å². The van der Waals surface area contributed by atoms with Gasteiger partial charge >= 0.3 is 0 Å². The Kier molecular flexibility index (Phi) is 4.90. The molecule has 0 saturated heterocycles. The zero-order valence-corrected chi connectivity index (χ0v) is 13.5. The average Bonchev–Trinajstić information content (AvgIpc) is 3.04. The summed E-state index contributed by atoms with van der Waals surface area (Å²) < 4.78 is 0. The van der Waals surface area contributed by atoms with Gasteiger partial charge in [-0.1, -0.05) is 6.07 Å². The van der Waals surface area contributed by atoms with Gasteiger partial charge in [0.15, 0.2) is 5.75 Å². The molecule has 0 atom stereocenters. The highest BCUT2D eigenvalue weighted by molar-refractivity contribution is 5.75. The summed E-state index contributed by atoms with van der Waals surface area (Å²) in [5, 5.41) is 37.3. The number of hydrogen-bond acceptors (Lipinski definition) is 7. The van der Waals surface area contributed by atoms with Crippen molar-refractivity contribution in [2.75, 3.05) is 13.7 Å². The second kappa shape index (κ2) is 7.27. The monoisotopic (exact) mass is 340 g/mol. The van der Waals surface area contributed by atoms with Crippen molar-refractivity contribution in [1.82, 2.24) is 15.0 Å². The number of phenolic OH excluding ortho intramolecular Hbond substituents is 1. The third-order valence-electron chi connectivity index (χ3n) is 3.67. The molecule has 25 heavy (non-hydrogen) atoms. The van der Waals surface area contributed by atoms with Crippen LogP contribution in [0.15, 0.2) is 30.3 Å². The van der Waals surface area contributed by atoms with Crippen LogP contribution in [0.25, 0.3) is 16.7 Å². The van der Waals surface area contributed by atoms with Gasteiger partial charge in [0.1, 0.15) is 29.4 Å². The molecule has 0 unspecified atom stereocenters. The maximum absolute atomic E-state index is 10.3. The summed E-state index contributed by atoms with van der Waals surface area (Å²) in [7, 11) is 1.43. The van der Waals surface area contributed by atoms with Crippen molar-refractivity contribution in [2.45, 2.75) is 13.0 Å². The third kappa shape index (κ3) is 3.44. The molecule has 1 heterocycles. The van der Waals surface area contributed by atoms with E-state index >= 15 is 0 Å². The third-order valence-corrected chi connectivity index (χ3v) is 3.67. The minimum Gasteiger partial charge on any atom is -0.504 e. The van der Waals surface area contributed by atoms with Crippen LogP contribution in [0.4, 0.5) is 0 Å². The number of aliphatic hydroxyl groups is 1. The smallest absolute Gasteiger partial charge is 0.160 e. The van der Waals surface area contributed by atoms with Crippen LogP contribution >= 0.6 is 0 Å². The Labute approximate surface area is 143 Å². The highest BCUT2D eigenvalue weighted by Crippen LogP contribution is 2.28. The Morgan fingerprint density at radius 3 is 2.68 bits per heavy atom. The largest absolute Gasteiger partial charge is 0.504 e. The van der Waals surface area contributed by atoms with E-state index in [0.717, 1.165) is 5.56 Å². The first-order valence-electron chi connectivity index (χ1n) is 7.55. The van der Waals surface area contributed by atoms with Crippen LogP contribution < -0.4 is 0 Å². The molecule has 0 bridgehead atoms. The molecular formula is C17H16N4O4. The molecule has 0 radical (unpaired) electrons. The lowest BCUT2D eigenvalue weighted by Gasteiger charge is -2.08. The summed E-state index contributed by atoms with van der Waals surface area (Å²) in [6.45, 7) is 0.210. The highest BCUT2D eigenvalue weighted by atomic mass is 17.2. The molecule has 2 aromatic carbocycles. The van der Waals surface area contributed by atoms with Crippen molar-refractivity contribution in [1.29, 1.82) is 5.26 Å². The molecule has 0 aliphatic carbocycles. The number of aromatic hydroxyl groups is 1. The van der Waals surface area contributed by atoms with E-state index in [1.54, 1.807) is 24.3 Å². The van der Waals surface area contributed by atoms with Crippen molar-refractivity contribution in [3.63, 3.8) is 0 Å². The van der Waals surface area contributed by atoms with Gasteiger partial charge in [0.05, 0.1) is 12.7 Å². The van der Waals surface area contributed by atoms with Crippen LogP contribution in [0.2, 0.25) is 0 Å². The Morgan fingerprint density at radius 2 is 1.96 bits per heavy atom. The van der Waals surface area contributed by atoms with Crippen molar-refractivity contribution in [3.05, 3.63) is 47.0 Å². The van der Waals surface area contributed by atoms with Gasteiger partial charge in [-0.05, 0) is 41.8 Å². The number of nitrogens with zero attached hydrogens (tertiary/aromatic N) is 4. The number of rotatable bonds is 6. The first-order valence-corrected chi connectivity index (χ1v) is 7.55. The lowest BCUT2D eigenvalue weighted by Crippen LogP contribution is -2.02. The predicted octanol–water partition coefficient (Wildman–Crippen LogP) is 1.61. The van der Waals surface area contributed by atoms with Crippen molar-refractivity contribution in [3.8, 4) is 17.5 Å². The van der Waals surface area contributed by atoms with Gasteiger partial charge in [-0.25, -0.2) is 9.78 Å². The average molecular weight is 340 g/mol. The SMILES string of the molecule is COOCc1ccc2nn(-c3cc(CCO)cc(C#N)c3O)nc2c1. The van der Waals surface area contributed by atoms with Crippen LogP contribution in [0.1, 0.15) is 16.7 Å². The molecule has 0 amide bonds. The van der Waals surface area contributed by atoms with Crippen LogP contribution in [0.3, 0.4) is 0 Å². The normalized spacial score (nSPS) is 10.9. The molecule has 0 aliphatic rings. The molecule has 0 fully saturated rings. The lowest BCUT2D eigenvalue weighted by molar-refractivity contribution is -0.282. The van der Waals surface area contributed by atoms with E-state index in [1.165, 1.54) is 11.9 Å². The topological polar surface area (TPSA) is 113 Å². The fourth-order valence-electron chi connectivity index (χ4n) is 2.47. The number of nitriles is 1. The second-order valence-electron chi connectivity index (χ2n) is 5.34. The number of phenols is 1. The van der Waals surface area contributed by atoms with E-state index in [1.807, 2.05) is 12.1 Å². The Morgan fingerprint density at radius 1 is 1.16 bits per heavy atom. The summed E-state index contributed by atoms with van der Waals surface area (Å²) in [6.07, 6.45) is 0.362. The van der Waals surface area contributed by atoms with Gasteiger partial charge in [-0.15, -0.1) is 15.0 Å². The molecule has 8 nitrogen and oxygen atoms in total. The second-order valence-corrected chi connectivity index (χ2v) is 5.34. The van der Waals surface area contributed by atoms with E-state index in [4.69, 9.17) is 9.99 Å². The Balaban J connectivity index is 2.06. The Hall–Kier alpha value is -2.99. The molecule has 2 N–H and O–H groups in total. The molecule has 0 spiro atoms. The quantitative estimate of drug-likeness (QED) is 0.517. The molecule has 0 aliphatic heterocycles. The van der Waals surface area contributed by atoms with E-state index in [9.17, 15) is 10.4 Å². The van der Waals surface area contributed by atoms with Gasteiger partial charge in [-0.2, -0.15) is 5.26 Å². The number of hydrogen-bond donors (Lipinski definition) is 2. The number of fused-ring (bicyclic) bond motifs is 1. The first-order chi connectivity index (χ1) is 12.2. The van der Waals surface area contributed by atoms with Gasteiger partial charge < -0.3 is 10.2 Å². The van der Waals surface area contributed by atoms with Gasteiger partial charge in [0.25, 0.3) is 0 Å². The minimum absolute atomic E-state index is 0.0630. The van der Waals surface area contributed by atoms with E-state index in [2.05, 4.69) is 15.1 Å². The van der Waals surface area contributed by atoms with Gasteiger partial charge in [0, 0.05) is 6.61 Å². The van der Waals surface area contributed by atoms with Crippen molar-refractivity contribution in [2.24, 2.45) is 0 Å². The Bertz CT molecular complexity index is 946. The van der Waals surface area contributed by atoms with E-state index in [-0.39, 0.29) is 30.2 Å². The number of aliphatic hydroxyl groups excluding tert-OH is 1. The van der Waals surface area contributed by atoms with E-state index < -0.39 is 0 Å². The number of benzene rings is 2. The van der Waals surface area contributed by atoms with Crippen LogP contribution in [0, 0.1) is 11.3 Å². The molecule has 8 heteroatoms. The standard InChI is InChI=1S/C17H16N4O4/c1-24-25-10-12-2-3-14-15(7-12)20-21(19-14)16-8-11(4-5-22)6-13(9-18)17(16)23/h2-3,6-8,22-23H,4-5,10H2,1H3. The zero-order chi connectivity index (χ0) is 17.8. The lowest BCUT2D eigenvalue weighted by atomic mass is 10.1. The minimum atomic E-state index is -0.201. The first kappa shape index (κ1) is 16.9. The van der Waals surface area contributed by atoms with Crippen LogP contribution in [0.5, 0.6) is 5.75 Å². The molecule has 3 aromatic rings. The molecule has 0 saturated carbocycles. The summed E-state index contributed by atoms with van der Waals surface area (Å²) in [5.74, 6) is -0.201. The predicted molar refractivity (Wildman–Crippen MR) is 87.8 cm³/mol. The summed E-state index contributed by atoms with van der Waals surface area (Å²) in [6, 6.07) is 10.6. The van der Waals surface area contributed by atoms with Gasteiger partial charge in [-0.3, -0.25) is 0 Å². The van der Waals surface area contributed by atoms with Crippen LogP contribution in [-0.2, 0) is 22.8 Å². The summed E-state index contributed by atoms with van der Waals surface area (Å²) >= 11 is 0. The summed E-state index contributed by atoms with van der Waals surface area (Å²) in [4.78, 5) is 10.8. The molecule has 3 rings (SSSR count). The van der Waals surface area contributed by atoms with Crippen molar-refractivity contribution < 1.29 is 20.0 Å². The fourth-order valence-corrected chi connectivity index (χ4v) is 2.47. The molecule has 128 valence electrons. The van der Waals surface area contributed by atoms with E-state index in [0.29, 0.717) is 23.0 Å². The van der Waals surface area contributed by atoms with Crippen LogP contribution in [-0.4, -0.2) is 38.9 Å². The maximum atomic E-state index is 10.3. The number of aromatic nitrogens is 3. The highest BCUT2D eigenvalue weighted by Gasteiger charge is 2.15.